The summed E-state index contributed by atoms with van der Waals surface area (Å²) in [6, 6.07) is 0. The van der Waals surface area contributed by atoms with E-state index in [-0.39, 0.29) is 6.42 Å². The summed E-state index contributed by atoms with van der Waals surface area (Å²) in [6.07, 6.45) is 0.151. The zero-order valence-corrected chi connectivity index (χ0v) is 7.58. The lowest BCUT2D eigenvalue weighted by molar-refractivity contribution is -0.151. The number of methoxy groups -OCH3 is 1. The Hall–Kier alpha value is -0.260. The van der Waals surface area contributed by atoms with Crippen LogP contribution in [0.5, 0.6) is 0 Å². The molecule has 0 aromatic rings. The van der Waals surface area contributed by atoms with Crippen LogP contribution in [-0.4, -0.2) is 24.7 Å². The summed E-state index contributed by atoms with van der Waals surface area (Å²) < 4.78 is 4.19. The summed E-state index contributed by atoms with van der Waals surface area (Å²) in [5.41, 5.74) is 0. The molecule has 0 radical (unpaired) electrons. The standard InChI is InChI=1S/C5H8O3P2/c1-8-5(7)4(6)2-3-10-9/h3H,2,9H2,1H3. The topological polar surface area (TPSA) is 43.4 Å². The third-order valence-corrected chi connectivity index (χ3v) is 1.82. The van der Waals surface area contributed by atoms with Gasteiger partial charge in [0.25, 0.3) is 0 Å². The third-order valence-electron chi connectivity index (χ3n) is 0.795. The summed E-state index contributed by atoms with van der Waals surface area (Å²) >= 11 is 0. The minimum atomic E-state index is -0.773. The highest BCUT2D eigenvalue weighted by Crippen LogP contribution is 2.05. The number of carbonyl (C=O) groups excluding carboxylic acids is 2. The van der Waals surface area contributed by atoms with Crippen LogP contribution in [0.4, 0.5) is 0 Å². The number of rotatable bonds is 3. The van der Waals surface area contributed by atoms with Crippen LogP contribution in [0, 0.1) is 0 Å². The van der Waals surface area contributed by atoms with Crippen molar-refractivity contribution in [3.63, 3.8) is 0 Å². The van der Waals surface area contributed by atoms with E-state index < -0.39 is 11.8 Å². The van der Waals surface area contributed by atoms with E-state index in [2.05, 4.69) is 13.7 Å². The Morgan fingerprint density at radius 1 is 1.70 bits per heavy atom. The average molecular weight is 178 g/mol. The lowest BCUT2D eigenvalue weighted by atomic mass is 10.3. The molecule has 1 unspecified atom stereocenters. The van der Waals surface area contributed by atoms with Crippen molar-refractivity contribution in [3.05, 3.63) is 0 Å². The number of hydrogen-bond acceptors (Lipinski definition) is 3. The van der Waals surface area contributed by atoms with Crippen LogP contribution in [0.1, 0.15) is 6.42 Å². The van der Waals surface area contributed by atoms with Gasteiger partial charge in [-0.2, -0.15) is 0 Å². The van der Waals surface area contributed by atoms with Gasteiger partial charge in [-0.15, -0.1) is 0 Å². The van der Waals surface area contributed by atoms with E-state index in [1.54, 1.807) is 5.80 Å². The van der Waals surface area contributed by atoms with Crippen LogP contribution >= 0.6 is 16.8 Å². The van der Waals surface area contributed by atoms with E-state index in [4.69, 9.17) is 0 Å². The molecule has 0 aliphatic rings. The predicted octanol–water partition coefficient (Wildman–Crippen LogP) is 0.657. The maximum absolute atomic E-state index is 10.6. The first-order chi connectivity index (χ1) is 4.72. The van der Waals surface area contributed by atoms with Gasteiger partial charge in [0.2, 0.25) is 5.78 Å². The summed E-state index contributed by atoms with van der Waals surface area (Å²) in [5.74, 6) is 0.395. The molecular formula is C5H8O3P2. The lowest BCUT2D eigenvalue weighted by Gasteiger charge is -1.91. The lowest BCUT2D eigenvalue weighted by Crippen LogP contribution is -2.14. The van der Waals surface area contributed by atoms with Crippen LogP contribution in [0.25, 0.3) is 0 Å². The predicted molar refractivity (Wildman–Crippen MR) is 44.3 cm³/mol. The second-order valence-corrected chi connectivity index (χ2v) is 3.01. The molecule has 0 fully saturated rings. The van der Waals surface area contributed by atoms with Gasteiger partial charge in [-0.1, -0.05) is 16.8 Å². The Morgan fingerprint density at radius 3 is 2.70 bits per heavy atom. The highest BCUT2D eigenvalue weighted by atomic mass is 32.0. The molecule has 0 aromatic heterocycles. The molecule has 0 N–H and O–H groups in total. The third kappa shape index (κ3) is 3.71. The van der Waals surface area contributed by atoms with Crippen molar-refractivity contribution in [2.75, 3.05) is 7.11 Å². The maximum atomic E-state index is 10.6. The van der Waals surface area contributed by atoms with Gasteiger partial charge in [-0.25, -0.2) is 4.79 Å². The number of ketones is 1. The zero-order chi connectivity index (χ0) is 7.98. The maximum Gasteiger partial charge on any atom is 0.374 e. The smallest absolute Gasteiger partial charge is 0.374 e. The summed E-state index contributed by atoms with van der Waals surface area (Å²) in [4.78, 5) is 21.0. The van der Waals surface area contributed by atoms with Crippen LogP contribution in [0.15, 0.2) is 0 Å². The molecule has 0 aromatic carbocycles. The van der Waals surface area contributed by atoms with Gasteiger partial charge >= 0.3 is 5.97 Å². The van der Waals surface area contributed by atoms with E-state index in [0.29, 0.717) is 0 Å². The molecular weight excluding hydrogens is 170 g/mol. The zero-order valence-electron chi connectivity index (χ0n) is 5.53. The van der Waals surface area contributed by atoms with Crippen molar-refractivity contribution < 1.29 is 14.3 Å². The molecule has 5 heteroatoms. The molecule has 0 rings (SSSR count). The Kier molecular flexibility index (Phi) is 5.38. The molecule has 0 saturated carbocycles. The summed E-state index contributed by atoms with van der Waals surface area (Å²) in [7, 11) is 4.51. The summed E-state index contributed by atoms with van der Waals surface area (Å²) in [5, 5.41) is 0. The molecule has 0 heterocycles. The number of carbonyl (C=O) groups is 2. The first-order valence-electron chi connectivity index (χ1n) is 2.55. The van der Waals surface area contributed by atoms with E-state index in [0.717, 1.165) is 7.89 Å². The van der Waals surface area contributed by atoms with Gasteiger partial charge in [-0.05, 0) is 5.80 Å². The molecule has 3 nitrogen and oxygen atoms in total. The van der Waals surface area contributed by atoms with Crippen LogP contribution in [-0.2, 0) is 14.3 Å². The highest BCUT2D eigenvalue weighted by molar-refractivity contribution is 8.01. The molecule has 0 amide bonds. The van der Waals surface area contributed by atoms with Crippen LogP contribution in [0.3, 0.4) is 0 Å². The number of hydrogen-bond donors (Lipinski definition) is 0. The number of ether oxygens (including phenoxy) is 1. The number of esters is 1. The minimum Gasteiger partial charge on any atom is -0.463 e. The van der Waals surface area contributed by atoms with Crippen molar-refractivity contribution in [1.82, 2.24) is 0 Å². The number of Topliss-reactive ketones (excluding diaryl/α,β-unsaturated/α-hetero) is 1. The van der Waals surface area contributed by atoms with E-state index >= 15 is 0 Å². The first kappa shape index (κ1) is 9.74. The van der Waals surface area contributed by atoms with Gasteiger partial charge < -0.3 is 4.74 Å². The fraction of sp³-hybridized carbons (Fsp3) is 0.400. The second-order valence-electron chi connectivity index (χ2n) is 1.45. The van der Waals surface area contributed by atoms with Crippen molar-refractivity contribution in [3.8, 4) is 0 Å². The normalized spacial score (nSPS) is 9.80. The van der Waals surface area contributed by atoms with Gasteiger partial charge in [0.1, 0.15) is 0 Å². The Balaban J connectivity index is 3.74. The molecule has 0 spiro atoms. The van der Waals surface area contributed by atoms with E-state index in [1.165, 1.54) is 7.11 Å². The monoisotopic (exact) mass is 178 g/mol. The van der Waals surface area contributed by atoms with Gasteiger partial charge in [0.15, 0.2) is 0 Å². The minimum absolute atomic E-state index is 0.151. The highest BCUT2D eigenvalue weighted by Gasteiger charge is 2.10. The SMILES string of the molecule is COC(=O)C(=O)CC=PP. The van der Waals surface area contributed by atoms with Gasteiger partial charge in [-0.3, -0.25) is 4.79 Å². The largest absolute Gasteiger partial charge is 0.463 e. The van der Waals surface area contributed by atoms with Crippen molar-refractivity contribution >= 4 is 34.4 Å². The van der Waals surface area contributed by atoms with E-state index in [1.807, 2.05) is 0 Å². The van der Waals surface area contributed by atoms with Crippen LogP contribution < -0.4 is 0 Å². The van der Waals surface area contributed by atoms with Gasteiger partial charge in [0, 0.05) is 6.42 Å². The molecule has 56 valence electrons. The Bertz CT molecular complexity index is 164. The van der Waals surface area contributed by atoms with Crippen molar-refractivity contribution in [2.24, 2.45) is 0 Å². The van der Waals surface area contributed by atoms with Gasteiger partial charge in [0.05, 0.1) is 7.11 Å². The molecule has 10 heavy (non-hydrogen) atoms. The molecule has 0 bridgehead atoms. The Labute approximate surface area is 63.0 Å². The molecule has 0 aliphatic heterocycles. The van der Waals surface area contributed by atoms with Crippen LogP contribution in [0.2, 0.25) is 0 Å². The first-order valence-corrected chi connectivity index (χ1v) is 5.13. The van der Waals surface area contributed by atoms with Crippen molar-refractivity contribution in [1.29, 1.82) is 0 Å². The molecule has 0 saturated heterocycles. The average Bonchev–Trinajstić information content (AvgIpc) is 1.98. The second kappa shape index (κ2) is 5.52. The molecule has 0 aliphatic carbocycles. The quantitative estimate of drug-likeness (QED) is 0.362. The van der Waals surface area contributed by atoms with Crippen molar-refractivity contribution in [2.45, 2.75) is 6.42 Å². The van der Waals surface area contributed by atoms with E-state index in [9.17, 15) is 9.59 Å². The fourth-order valence-corrected chi connectivity index (χ4v) is 0.920. The Morgan fingerprint density at radius 2 is 2.30 bits per heavy atom. The molecule has 1 atom stereocenters. The fourth-order valence-electron chi connectivity index (χ4n) is 0.333. The summed E-state index contributed by atoms with van der Waals surface area (Å²) in [6.45, 7) is 0.